The molecular weight excluding hydrogens is 252 g/mol. The van der Waals surface area contributed by atoms with Crippen LogP contribution >= 0.6 is 0 Å². The largest absolute Gasteiger partial charge is 0.355 e. The number of hydrogen-bond donors (Lipinski definition) is 1. The van der Waals surface area contributed by atoms with Gasteiger partial charge < -0.3 is 10.6 Å². The maximum Gasteiger partial charge on any atom is 0.252 e. The van der Waals surface area contributed by atoms with E-state index in [-0.39, 0.29) is 6.04 Å². The van der Waals surface area contributed by atoms with E-state index in [9.17, 15) is 0 Å². The molecule has 3 heterocycles. The molecule has 20 heavy (non-hydrogen) atoms. The molecule has 0 aromatic carbocycles. The first-order valence-corrected chi connectivity index (χ1v) is 6.93. The molecule has 0 bridgehead atoms. The maximum absolute atomic E-state index is 5.97. The minimum atomic E-state index is 0.238. The van der Waals surface area contributed by atoms with Gasteiger partial charge in [0.2, 0.25) is 0 Å². The summed E-state index contributed by atoms with van der Waals surface area (Å²) < 4.78 is 1.79. The van der Waals surface area contributed by atoms with E-state index in [0.29, 0.717) is 5.95 Å². The van der Waals surface area contributed by atoms with Crippen LogP contribution in [0.5, 0.6) is 0 Å². The van der Waals surface area contributed by atoms with Gasteiger partial charge in [0.05, 0.1) is 5.69 Å². The molecule has 2 N–H and O–H groups in total. The zero-order valence-electron chi connectivity index (χ0n) is 12.2. The summed E-state index contributed by atoms with van der Waals surface area (Å²) in [6, 6.07) is 4.27. The molecule has 1 unspecified atom stereocenters. The molecule has 2 aromatic rings. The molecule has 2 aromatic heterocycles. The smallest absolute Gasteiger partial charge is 0.252 e. The number of anilines is 1. The molecule has 0 radical (unpaired) electrons. The molecular formula is C14H20N6. The van der Waals surface area contributed by atoms with Gasteiger partial charge in [-0.1, -0.05) is 0 Å². The van der Waals surface area contributed by atoms with Gasteiger partial charge in [0, 0.05) is 36.6 Å². The van der Waals surface area contributed by atoms with Gasteiger partial charge in [-0.2, -0.15) is 10.1 Å². The number of rotatable bonds is 2. The fourth-order valence-electron chi connectivity index (χ4n) is 2.62. The van der Waals surface area contributed by atoms with Crippen molar-refractivity contribution in [3.63, 3.8) is 0 Å². The molecule has 0 spiro atoms. The van der Waals surface area contributed by atoms with E-state index in [4.69, 9.17) is 5.73 Å². The van der Waals surface area contributed by atoms with Gasteiger partial charge in [-0.25, -0.2) is 9.67 Å². The molecule has 0 amide bonds. The Bertz CT molecular complexity index is 633. The van der Waals surface area contributed by atoms with E-state index in [1.54, 1.807) is 4.68 Å². The number of nitrogens with two attached hydrogens (primary N) is 1. The summed E-state index contributed by atoms with van der Waals surface area (Å²) in [6.45, 7) is 7.77. The van der Waals surface area contributed by atoms with Gasteiger partial charge in [0.15, 0.2) is 0 Å². The van der Waals surface area contributed by atoms with Gasteiger partial charge in [0.1, 0.15) is 5.82 Å². The van der Waals surface area contributed by atoms with Crippen LogP contribution in [0.25, 0.3) is 5.95 Å². The lowest BCUT2D eigenvalue weighted by Gasteiger charge is -2.18. The highest BCUT2D eigenvalue weighted by molar-refractivity contribution is 5.43. The molecule has 1 aliphatic heterocycles. The SMILES string of the molecule is Cc1cc(N2CCC(N)C2)nc(-n2nc(C)cc2C)n1. The van der Waals surface area contributed by atoms with Crippen LogP contribution in [0, 0.1) is 20.8 Å². The maximum atomic E-state index is 5.97. The molecule has 6 nitrogen and oxygen atoms in total. The molecule has 1 fully saturated rings. The Morgan fingerprint density at radius 2 is 1.95 bits per heavy atom. The second-order valence-electron chi connectivity index (χ2n) is 5.50. The summed E-state index contributed by atoms with van der Waals surface area (Å²) in [5, 5.41) is 4.45. The van der Waals surface area contributed by atoms with Gasteiger partial charge >= 0.3 is 0 Å². The van der Waals surface area contributed by atoms with Crippen LogP contribution in [0.4, 0.5) is 5.82 Å². The highest BCUT2D eigenvalue weighted by Gasteiger charge is 2.21. The Kier molecular flexibility index (Phi) is 3.17. The topological polar surface area (TPSA) is 72.9 Å². The first-order chi connectivity index (χ1) is 9.52. The van der Waals surface area contributed by atoms with Gasteiger partial charge in [-0.3, -0.25) is 0 Å². The Morgan fingerprint density at radius 3 is 2.55 bits per heavy atom. The van der Waals surface area contributed by atoms with Crippen LogP contribution in [0.1, 0.15) is 23.5 Å². The molecule has 106 valence electrons. The summed E-state index contributed by atoms with van der Waals surface area (Å²) in [7, 11) is 0. The van der Waals surface area contributed by atoms with Crippen molar-refractivity contribution >= 4 is 5.82 Å². The lowest BCUT2D eigenvalue weighted by atomic mass is 10.3. The average molecular weight is 272 g/mol. The summed E-state index contributed by atoms with van der Waals surface area (Å²) in [5.41, 5.74) is 8.93. The van der Waals surface area contributed by atoms with Crippen molar-refractivity contribution in [1.82, 2.24) is 19.7 Å². The Balaban J connectivity index is 2.00. The van der Waals surface area contributed by atoms with E-state index >= 15 is 0 Å². The molecule has 1 saturated heterocycles. The molecule has 3 rings (SSSR count). The van der Waals surface area contributed by atoms with Crippen LogP contribution in [0.3, 0.4) is 0 Å². The lowest BCUT2D eigenvalue weighted by molar-refractivity contribution is 0.746. The average Bonchev–Trinajstić information content (AvgIpc) is 2.94. The third kappa shape index (κ3) is 2.38. The van der Waals surface area contributed by atoms with Crippen molar-refractivity contribution in [2.45, 2.75) is 33.2 Å². The summed E-state index contributed by atoms with van der Waals surface area (Å²) in [5.74, 6) is 1.57. The van der Waals surface area contributed by atoms with Gasteiger partial charge in [-0.05, 0) is 33.3 Å². The normalized spacial score (nSPS) is 18.8. The van der Waals surface area contributed by atoms with Crippen LogP contribution in [0.2, 0.25) is 0 Å². The van der Waals surface area contributed by atoms with Crippen LogP contribution < -0.4 is 10.6 Å². The van der Waals surface area contributed by atoms with Crippen molar-refractivity contribution in [3.8, 4) is 5.95 Å². The summed E-state index contributed by atoms with van der Waals surface area (Å²) in [6.07, 6.45) is 1.01. The summed E-state index contributed by atoms with van der Waals surface area (Å²) >= 11 is 0. The first kappa shape index (κ1) is 13.1. The first-order valence-electron chi connectivity index (χ1n) is 6.93. The van der Waals surface area contributed by atoms with Gasteiger partial charge in [0.25, 0.3) is 5.95 Å². The molecule has 6 heteroatoms. The Hall–Kier alpha value is -1.95. The van der Waals surface area contributed by atoms with Crippen molar-refractivity contribution in [1.29, 1.82) is 0 Å². The van der Waals surface area contributed by atoms with Crippen molar-refractivity contribution in [2.24, 2.45) is 5.73 Å². The summed E-state index contributed by atoms with van der Waals surface area (Å²) in [4.78, 5) is 11.4. The monoisotopic (exact) mass is 272 g/mol. The van der Waals surface area contributed by atoms with Crippen LogP contribution in [-0.2, 0) is 0 Å². The molecule has 0 aliphatic carbocycles. The minimum Gasteiger partial charge on any atom is -0.355 e. The van der Waals surface area contributed by atoms with Gasteiger partial charge in [-0.15, -0.1) is 0 Å². The van der Waals surface area contributed by atoms with Crippen LogP contribution in [-0.4, -0.2) is 38.9 Å². The third-order valence-electron chi connectivity index (χ3n) is 3.58. The fraction of sp³-hybridized carbons (Fsp3) is 0.500. The minimum absolute atomic E-state index is 0.238. The Labute approximate surface area is 118 Å². The van der Waals surface area contributed by atoms with E-state index in [2.05, 4.69) is 20.0 Å². The highest BCUT2D eigenvalue weighted by Crippen LogP contribution is 2.19. The number of hydrogen-bond acceptors (Lipinski definition) is 5. The zero-order valence-corrected chi connectivity index (χ0v) is 12.2. The molecule has 1 aliphatic rings. The van der Waals surface area contributed by atoms with E-state index in [1.165, 1.54) is 0 Å². The predicted octanol–water partition coefficient (Wildman–Crippen LogP) is 1.12. The van der Waals surface area contributed by atoms with E-state index in [1.807, 2.05) is 32.9 Å². The van der Waals surface area contributed by atoms with Crippen molar-refractivity contribution < 1.29 is 0 Å². The van der Waals surface area contributed by atoms with Crippen molar-refractivity contribution in [2.75, 3.05) is 18.0 Å². The van der Waals surface area contributed by atoms with Crippen molar-refractivity contribution in [3.05, 3.63) is 29.2 Å². The number of aryl methyl sites for hydroxylation is 3. The van der Waals surface area contributed by atoms with Crippen LogP contribution in [0.15, 0.2) is 12.1 Å². The zero-order chi connectivity index (χ0) is 14.3. The second-order valence-corrected chi connectivity index (χ2v) is 5.50. The molecule has 0 saturated carbocycles. The quantitative estimate of drug-likeness (QED) is 0.887. The number of nitrogens with zero attached hydrogens (tertiary/aromatic N) is 5. The molecule has 1 atom stereocenters. The van der Waals surface area contributed by atoms with E-state index < -0.39 is 0 Å². The number of aromatic nitrogens is 4. The van der Waals surface area contributed by atoms with E-state index in [0.717, 1.165) is 42.4 Å². The predicted molar refractivity (Wildman–Crippen MR) is 78.2 cm³/mol. The third-order valence-corrected chi connectivity index (χ3v) is 3.58. The fourth-order valence-corrected chi connectivity index (χ4v) is 2.62. The Morgan fingerprint density at radius 1 is 1.15 bits per heavy atom. The standard InChI is InChI=1S/C14H20N6/c1-9-7-13(19-5-4-12(15)8-19)17-14(16-9)20-11(3)6-10(2)18-20/h6-7,12H,4-5,8,15H2,1-3H3. The highest BCUT2D eigenvalue weighted by atomic mass is 15.4. The second kappa shape index (κ2) is 4.86. The lowest BCUT2D eigenvalue weighted by Crippen LogP contribution is -2.27.